The number of hydrogen-bond acceptors (Lipinski definition) is 2. The van der Waals surface area contributed by atoms with E-state index in [1.807, 2.05) is 12.1 Å². The van der Waals surface area contributed by atoms with Crippen LogP contribution in [0.4, 0.5) is 5.69 Å². The first-order chi connectivity index (χ1) is 13.8. The molecule has 1 aliphatic carbocycles. The monoisotopic (exact) mass is 381 g/mol. The van der Waals surface area contributed by atoms with Gasteiger partial charge in [0.25, 0.3) is 11.8 Å². The number of amides is 2. The molecule has 3 aromatic rings. The fourth-order valence-corrected chi connectivity index (χ4v) is 5.29. The van der Waals surface area contributed by atoms with Crippen LogP contribution in [-0.4, -0.2) is 11.8 Å². The van der Waals surface area contributed by atoms with E-state index in [-0.39, 0.29) is 22.6 Å². The van der Waals surface area contributed by atoms with Crippen LogP contribution in [0.5, 0.6) is 0 Å². The molecule has 29 heavy (non-hydrogen) atoms. The van der Waals surface area contributed by atoms with Crippen molar-refractivity contribution in [1.29, 1.82) is 0 Å². The predicted octanol–water partition coefficient (Wildman–Crippen LogP) is 5.47. The Morgan fingerprint density at radius 1 is 0.690 bits per heavy atom. The molecule has 0 radical (unpaired) electrons. The van der Waals surface area contributed by atoms with E-state index in [2.05, 4.69) is 57.2 Å². The molecule has 2 amide bonds. The molecule has 1 unspecified atom stereocenters. The van der Waals surface area contributed by atoms with Crippen molar-refractivity contribution in [3.8, 4) is 0 Å². The summed E-state index contributed by atoms with van der Waals surface area (Å²) in [4.78, 5) is 26.8. The van der Waals surface area contributed by atoms with Crippen LogP contribution in [0.25, 0.3) is 0 Å². The summed E-state index contributed by atoms with van der Waals surface area (Å²) in [7, 11) is 0. The smallest absolute Gasteiger partial charge is 0.266 e. The molecule has 0 N–H and O–H groups in total. The third kappa shape index (κ3) is 2.43. The summed E-state index contributed by atoms with van der Waals surface area (Å²) in [6.45, 7) is 6.88. The second-order valence-electron chi connectivity index (χ2n) is 8.98. The molecule has 0 aromatic heterocycles. The molecule has 2 aliphatic rings. The Balaban J connectivity index is 1.53. The van der Waals surface area contributed by atoms with Gasteiger partial charge in [-0.25, -0.2) is 4.90 Å². The lowest BCUT2D eigenvalue weighted by Crippen LogP contribution is -2.29. The van der Waals surface area contributed by atoms with E-state index < -0.39 is 0 Å². The Morgan fingerprint density at radius 3 is 1.79 bits per heavy atom. The highest BCUT2D eigenvalue weighted by molar-refractivity contribution is 6.34. The summed E-state index contributed by atoms with van der Waals surface area (Å²) in [5.41, 5.74) is 5.53. The van der Waals surface area contributed by atoms with Crippen molar-refractivity contribution >= 4 is 17.5 Å². The molecule has 3 aromatic carbocycles. The van der Waals surface area contributed by atoms with Crippen molar-refractivity contribution in [3.63, 3.8) is 0 Å². The van der Waals surface area contributed by atoms with Crippen molar-refractivity contribution in [2.45, 2.75) is 38.0 Å². The minimum Gasteiger partial charge on any atom is -0.268 e. The number of imide groups is 1. The first kappa shape index (κ1) is 17.9. The van der Waals surface area contributed by atoms with Gasteiger partial charge in [0.15, 0.2) is 0 Å². The molecule has 1 atom stereocenters. The molecule has 3 heteroatoms. The second kappa shape index (κ2) is 5.90. The van der Waals surface area contributed by atoms with Gasteiger partial charge in [0.05, 0.1) is 16.8 Å². The zero-order chi connectivity index (χ0) is 20.4. The average Bonchev–Trinajstić information content (AvgIpc) is 3.11. The van der Waals surface area contributed by atoms with Gasteiger partial charge in [-0.05, 0) is 52.8 Å². The van der Waals surface area contributed by atoms with Gasteiger partial charge in [-0.2, -0.15) is 0 Å². The van der Waals surface area contributed by atoms with Crippen LogP contribution in [0.3, 0.4) is 0 Å². The van der Waals surface area contributed by atoms with Crippen molar-refractivity contribution in [1.82, 2.24) is 0 Å². The zero-order valence-electron chi connectivity index (χ0n) is 16.9. The molecule has 0 spiro atoms. The first-order valence-electron chi connectivity index (χ1n) is 10.0. The van der Waals surface area contributed by atoms with Gasteiger partial charge >= 0.3 is 0 Å². The summed E-state index contributed by atoms with van der Waals surface area (Å²) in [6.07, 6.45) is 1.02. The number of carbonyl (C=O) groups excluding carboxylic acids is 2. The van der Waals surface area contributed by atoms with Crippen molar-refractivity contribution in [3.05, 3.63) is 101 Å². The van der Waals surface area contributed by atoms with Crippen molar-refractivity contribution in [2.24, 2.45) is 0 Å². The predicted molar refractivity (Wildman–Crippen MR) is 115 cm³/mol. The molecule has 0 fully saturated rings. The summed E-state index contributed by atoms with van der Waals surface area (Å²) in [5.74, 6) is -0.506. The Morgan fingerprint density at radius 2 is 1.21 bits per heavy atom. The minimum absolute atomic E-state index is 0.0966. The van der Waals surface area contributed by atoms with Crippen LogP contribution in [0, 0.1) is 0 Å². The van der Waals surface area contributed by atoms with Gasteiger partial charge in [-0.15, -0.1) is 0 Å². The lowest BCUT2D eigenvalue weighted by molar-refractivity contribution is 0.0926. The number of fused-ring (bicyclic) bond motifs is 2. The maximum Gasteiger partial charge on any atom is 0.266 e. The van der Waals surface area contributed by atoms with Crippen LogP contribution in [-0.2, 0) is 10.8 Å². The highest BCUT2D eigenvalue weighted by Crippen LogP contribution is 2.52. The first-order valence-corrected chi connectivity index (χ1v) is 10.0. The van der Waals surface area contributed by atoms with Crippen LogP contribution in [0.15, 0.2) is 72.8 Å². The minimum atomic E-state index is -0.253. The fraction of sp³-hybridized carbons (Fsp3) is 0.231. The van der Waals surface area contributed by atoms with E-state index in [1.165, 1.54) is 21.6 Å². The molecule has 1 heterocycles. The summed E-state index contributed by atoms with van der Waals surface area (Å²) in [5, 5.41) is 0. The van der Waals surface area contributed by atoms with Crippen LogP contribution in [0.2, 0.25) is 0 Å². The third-order valence-corrected chi connectivity index (χ3v) is 6.60. The van der Waals surface area contributed by atoms with E-state index >= 15 is 0 Å². The van der Waals surface area contributed by atoms with Gasteiger partial charge in [-0.3, -0.25) is 9.59 Å². The Labute approximate surface area is 171 Å². The maximum atomic E-state index is 12.8. The molecular formula is C26H23NO2. The van der Waals surface area contributed by atoms with Crippen LogP contribution >= 0.6 is 0 Å². The lowest BCUT2D eigenvalue weighted by atomic mass is 9.75. The number of rotatable bonds is 2. The standard InChI is InChI=1S/C26H23NO2/c1-25(2)16-26(3,22-11-7-6-10-21(22)25)17-12-14-18(15-13-17)27-23(28)19-8-4-5-9-20(19)24(27)29/h4-15H,16H2,1-3H3. The normalized spacial score (nSPS) is 22.0. The highest BCUT2D eigenvalue weighted by atomic mass is 16.2. The zero-order valence-corrected chi connectivity index (χ0v) is 16.9. The topological polar surface area (TPSA) is 37.4 Å². The molecule has 3 nitrogen and oxygen atoms in total. The van der Waals surface area contributed by atoms with E-state index in [4.69, 9.17) is 0 Å². The molecule has 0 saturated carbocycles. The molecule has 5 rings (SSSR count). The Kier molecular flexibility index (Phi) is 3.63. The maximum absolute atomic E-state index is 12.8. The van der Waals surface area contributed by atoms with Crippen molar-refractivity contribution in [2.75, 3.05) is 4.90 Å². The highest BCUT2D eigenvalue weighted by Gasteiger charge is 2.45. The SMILES string of the molecule is CC1(C)CC(C)(c2ccc(N3C(=O)c4ccccc4C3=O)cc2)c2ccccc21. The molecule has 0 bridgehead atoms. The largest absolute Gasteiger partial charge is 0.268 e. The molecule has 0 saturated heterocycles. The Bertz CT molecular complexity index is 1120. The number of anilines is 1. The van der Waals surface area contributed by atoms with E-state index in [9.17, 15) is 9.59 Å². The van der Waals surface area contributed by atoms with Crippen LogP contribution in [0.1, 0.15) is 64.6 Å². The second-order valence-corrected chi connectivity index (χ2v) is 8.98. The average molecular weight is 381 g/mol. The lowest BCUT2D eigenvalue weighted by Gasteiger charge is -2.29. The fourth-order valence-electron chi connectivity index (χ4n) is 5.29. The quantitative estimate of drug-likeness (QED) is 0.552. The number of nitrogens with zero attached hydrogens (tertiary/aromatic N) is 1. The molecule has 144 valence electrons. The molecular weight excluding hydrogens is 358 g/mol. The van der Waals surface area contributed by atoms with Crippen molar-refractivity contribution < 1.29 is 9.59 Å². The summed E-state index contributed by atoms with van der Waals surface area (Å²) in [6, 6.07) is 23.6. The van der Waals surface area contributed by atoms with E-state index in [0.717, 1.165) is 6.42 Å². The van der Waals surface area contributed by atoms with Gasteiger partial charge in [0.1, 0.15) is 0 Å². The Hall–Kier alpha value is -3.20. The number of hydrogen-bond donors (Lipinski definition) is 0. The van der Waals surface area contributed by atoms with Gasteiger partial charge in [0.2, 0.25) is 0 Å². The summed E-state index contributed by atoms with van der Waals surface area (Å²) >= 11 is 0. The summed E-state index contributed by atoms with van der Waals surface area (Å²) < 4.78 is 0. The van der Waals surface area contributed by atoms with Gasteiger partial charge in [-0.1, -0.05) is 69.3 Å². The molecule has 1 aliphatic heterocycles. The van der Waals surface area contributed by atoms with Gasteiger partial charge in [0, 0.05) is 5.41 Å². The third-order valence-electron chi connectivity index (χ3n) is 6.60. The van der Waals surface area contributed by atoms with Crippen LogP contribution < -0.4 is 4.90 Å². The van der Waals surface area contributed by atoms with E-state index in [1.54, 1.807) is 24.3 Å². The van der Waals surface area contributed by atoms with E-state index in [0.29, 0.717) is 16.8 Å². The van der Waals surface area contributed by atoms with Gasteiger partial charge < -0.3 is 0 Å². The number of carbonyl (C=O) groups is 2. The number of benzene rings is 3.